The number of carbonyl (C=O) groups is 1. The Balaban J connectivity index is 2.27. The van der Waals surface area contributed by atoms with Gasteiger partial charge in [-0.3, -0.25) is 10.3 Å². The standard InChI is InChI=1S/C28H45BrFIN4O3SSi/c1-10-40(11-2,12-3)19-15-20(29)33-22(21(19)30)27(9)18-39(37,32-17-28(16-31)13-14-28)26(7,8)23(35-27)34-24(36)38-25(4,5)6/h15H,10-14,16-18H2,1-9H3,(H,34,35,36)/t27-,39+/m0/s1. The number of carbonyl (C=O) groups excluding carboxylic acids is 1. The minimum atomic E-state index is -3.05. The Morgan fingerprint density at radius 3 is 2.27 bits per heavy atom. The van der Waals surface area contributed by atoms with Crippen LogP contribution in [0.5, 0.6) is 0 Å². The minimum Gasteiger partial charge on any atom is -0.444 e. The molecule has 1 saturated carbocycles. The van der Waals surface area contributed by atoms with Crippen LogP contribution in [-0.2, 0) is 20.0 Å². The first-order chi connectivity index (χ1) is 18.4. The molecular formula is C28H45BrFIN4O3SSi. The Morgan fingerprint density at radius 1 is 1.23 bits per heavy atom. The average Bonchev–Trinajstić information content (AvgIpc) is 3.64. The summed E-state index contributed by atoms with van der Waals surface area (Å²) in [4.78, 5) is 22.5. The van der Waals surface area contributed by atoms with E-state index < -0.39 is 39.8 Å². The van der Waals surface area contributed by atoms with Crippen LogP contribution in [0.2, 0.25) is 18.1 Å². The summed E-state index contributed by atoms with van der Waals surface area (Å²) in [6.45, 7) is 17.5. The zero-order valence-electron chi connectivity index (χ0n) is 25.3. The van der Waals surface area contributed by atoms with Crippen LogP contribution in [0.3, 0.4) is 0 Å². The number of hydrogen-bond acceptors (Lipinski definition) is 6. The summed E-state index contributed by atoms with van der Waals surface area (Å²) >= 11 is 5.91. The van der Waals surface area contributed by atoms with Crippen LogP contribution in [0.1, 0.15) is 80.8 Å². The monoisotopic (exact) mass is 770 g/mol. The Hall–Kier alpha value is -0.603. The second-order valence-corrected chi connectivity index (χ2v) is 22.7. The lowest BCUT2D eigenvalue weighted by Crippen LogP contribution is -2.58. The fourth-order valence-corrected chi connectivity index (χ4v) is 13.3. The number of nitrogens with zero attached hydrogens (tertiary/aromatic N) is 3. The number of aromatic nitrogens is 1. The van der Waals surface area contributed by atoms with Crippen LogP contribution >= 0.6 is 38.5 Å². The van der Waals surface area contributed by atoms with E-state index in [1.807, 2.05) is 6.07 Å². The third-order valence-corrected chi connectivity index (χ3v) is 19.6. The van der Waals surface area contributed by atoms with Crippen molar-refractivity contribution in [2.75, 3.05) is 16.7 Å². The van der Waals surface area contributed by atoms with E-state index in [9.17, 15) is 9.00 Å². The molecule has 12 heteroatoms. The summed E-state index contributed by atoms with van der Waals surface area (Å²) in [6, 6.07) is 4.52. The highest BCUT2D eigenvalue weighted by Crippen LogP contribution is 2.48. The number of alkyl carbamates (subject to hydrolysis) is 1. The maximum atomic E-state index is 16.7. The molecule has 1 amide bonds. The third kappa shape index (κ3) is 6.64. The molecule has 1 N–H and O–H groups in total. The van der Waals surface area contributed by atoms with E-state index in [4.69, 9.17) is 14.1 Å². The van der Waals surface area contributed by atoms with Crippen LogP contribution in [0, 0.1) is 11.2 Å². The number of amides is 1. The van der Waals surface area contributed by atoms with Crippen molar-refractivity contribution >= 4 is 73.4 Å². The lowest BCUT2D eigenvalue weighted by molar-refractivity contribution is 0.0560. The van der Waals surface area contributed by atoms with Gasteiger partial charge < -0.3 is 4.74 Å². The number of hydrogen-bond donors (Lipinski definition) is 1. The van der Waals surface area contributed by atoms with Crippen LogP contribution in [0.15, 0.2) is 20.0 Å². The van der Waals surface area contributed by atoms with Gasteiger partial charge in [-0.2, -0.15) is 0 Å². The van der Waals surface area contributed by atoms with Crippen molar-refractivity contribution in [3.05, 3.63) is 22.2 Å². The van der Waals surface area contributed by atoms with Gasteiger partial charge in [-0.25, -0.2) is 22.7 Å². The van der Waals surface area contributed by atoms with Crippen LogP contribution in [0.25, 0.3) is 0 Å². The zero-order chi connectivity index (χ0) is 30.4. The second kappa shape index (κ2) is 11.8. The number of alkyl halides is 1. The first-order valence-electron chi connectivity index (χ1n) is 14.1. The lowest BCUT2D eigenvalue weighted by Gasteiger charge is -2.42. The first kappa shape index (κ1) is 33.9. The van der Waals surface area contributed by atoms with Gasteiger partial charge in [-0.05, 0) is 87.0 Å². The van der Waals surface area contributed by atoms with Crippen LogP contribution in [0.4, 0.5) is 9.18 Å². The van der Waals surface area contributed by atoms with E-state index in [1.165, 1.54) is 0 Å². The van der Waals surface area contributed by atoms with Crippen molar-refractivity contribution in [2.45, 2.75) is 109 Å². The fraction of sp³-hybridized carbons (Fsp3) is 0.750. The van der Waals surface area contributed by atoms with Gasteiger partial charge in [-0.1, -0.05) is 61.5 Å². The number of pyridine rings is 1. The smallest absolute Gasteiger partial charge is 0.413 e. The molecule has 2 heterocycles. The van der Waals surface area contributed by atoms with Gasteiger partial charge in [0.15, 0.2) is 0 Å². The Bertz CT molecular complexity index is 1290. The first-order valence-corrected chi connectivity index (χ1v) is 20.7. The quantitative estimate of drug-likeness (QED) is 0.130. The minimum absolute atomic E-state index is 0.00255. The summed E-state index contributed by atoms with van der Waals surface area (Å²) < 4.78 is 42.4. The molecule has 0 aromatic carbocycles. The number of aliphatic imine (C=N–C) groups is 1. The van der Waals surface area contributed by atoms with E-state index in [-0.39, 0.29) is 28.5 Å². The van der Waals surface area contributed by atoms with Crippen molar-refractivity contribution in [1.82, 2.24) is 10.3 Å². The SMILES string of the molecule is CC[Si](CC)(CC)c1cc(Br)nc([C@]2(C)C[S@](=O)(=NCC3(CI)CC3)C(C)(C)C(NC(=O)OC(C)(C)C)=N2)c1F. The second-order valence-electron chi connectivity index (χ2n) is 13.1. The summed E-state index contributed by atoms with van der Waals surface area (Å²) in [7, 11) is -5.20. The van der Waals surface area contributed by atoms with Crippen LogP contribution < -0.4 is 10.5 Å². The topological polar surface area (TPSA) is 93.0 Å². The molecule has 1 aromatic rings. The van der Waals surface area contributed by atoms with Gasteiger partial charge in [0.05, 0.1) is 30.1 Å². The zero-order valence-corrected chi connectivity index (χ0v) is 30.9. The van der Waals surface area contributed by atoms with Crippen molar-refractivity contribution in [2.24, 2.45) is 14.8 Å². The maximum absolute atomic E-state index is 16.7. The van der Waals surface area contributed by atoms with E-state index in [1.54, 1.807) is 41.5 Å². The third-order valence-electron chi connectivity index (χ3n) is 8.71. The molecule has 7 nitrogen and oxygen atoms in total. The molecule has 0 radical (unpaired) electrons. The van der Waals surface area contributed by atoms with Crippen LogP contribution in [-0.4, -0.2) is 56.3 Å². The lowest BCUT2D eigenvalue weighted by atomic mass is 9.98. The molecule has 1 fully saturated rings. The largest absolute Gasteiger partial charge is 0.444 e. The highest BCUT2D eigenvalue weighted by molar-refractivity contribution is 14.1. The van der Waals surface area contributed by atoms with Crippen molar-refractivity contribution < 1.29 is 18.1 Å². The number of halogens is 3. The van der Waals surface area contributed by atoms with E-state index in [0.717, 1.165) is 35.4 Å². The highest BCUT2D eigenvalue weighted by Gasteiger charge is 2.52. The molecule has 0 bridgehead atoms. The van der Waals surface area contributed by atoms with Crippen molar-refractivity contribution in [3.8, 4) is 0 Å². The van der Waals surface area contributed by atoms with Crippen molar-refractivity contribution in [1.29, 1.82) is 0 Å². The summed E-state index contributed by atoms with van der Waals surface area (Å²) in [5.74, 6) is -0.199. The number of ether oxygens (including phenoxy) is 1. The molecule has 226 valence electrons. The normalized spacial score (nSPS) is 25.6. The van der Waals surface area contributed by atoms with Gasteiger partial charge in [0.1, 0.15) is 37.8 Å². The Labute approximate surface area is 263 Å². The predicted octanol–water partition coefficient (Wildman–Crippen LogP) is 7.31. The Morgan fingerprint density at radius 2 is 1.80 bits per heavy atom. The van der Waals surface area contributed by atoms with Gasteiger partial charge in [-0.15, -0.1) is 0 Å². The molecule has 2 aliphatic rings. The van der Waals surface area contributed by atoms with E-state index in [0.29, 0.717) is 16.3 Å². The van der Waals surface area contributed by atoms with Gasteiger partial charge >= 0.3 is 6.09 Å². The predicted molar refractivity (Wildman–Crippen MR) is 178 cm³/mol. The molecule has 0 spiro atoms. The molecule has 2 atom stereocenters. The van der Waals surface area contributed by atoms with E-state index >= 15 is 4.39 Å². The number of amidine groups is 1. The maximum Gasteiger partial charge on any atom is 0.413 e. The molecule has 40 heavy (non-hydrogen) atoms. The van der Waals surface area contributed by atoms with Gasteiger partial charge in [0.2, 0.25) is 0 Å². The van der Waals surface area contributed by atoms with E-state index in [2.05, 4.69) is 69.6 Å². The molecule has 0 saturated heterocycles. The molecule has 3 rings (SSSR count). The summed E-state index contributed by atoms with van der Waals surface area (Å²) in [5.41, 5.74) is -1.86. The molecular weight excluding hydrogens is 726 g/mol. The fourth-order valence-electron chi connectivity index (χ4n) is 5.35. The molecule has 1 aliphatic heterocycles. The molecule has 1 aromatic heterocycles. The Kier molecular flexibility index (Phi) is 10.0. The summed E-state index contributed by atoms with van der Waals surface area (Å²) in [5, 5.41) is 3.49. The van der Waals surface area contributed by atoms with Gasteiger partial charge in [0, 0.05) is 4.43 Å². The number of nitrogens with one attached hydrogen (secondary N) is 1. The highest BCUT2D eigenvalue weighted by atomic mass is 127. The number of rotatable bonds is 8. The van der Waals surface area contributed by atoms with Crippen molar-refractivity contribution in [3.63, 3.8) is 0 Å². The molecule has 0 unspecified atom stereocenters. The van der Waals surface area contributed by atoms with Gasteiger partial charge in [0.25, 0.3) is 0 Å². The summed E-state index contributed by atoms with van der Waals surface area (Å²) in [6.07, 6.45) is 1.40. The molecule has 1 aliphatic carbocycles. The average molecular weight is 772 g/mol.